The first-order valence-corrected chi connectivity index (χ1v) is 6.53. The number of imidazole rings is 1. The van der Waals surface area contributed by atoms with E-state index in [1.165, 1.54) is 0 Å². The van der Waals surface area contributed by atoms with Crippen molar-refractivity contribution in [3.8, 4) is 5.88 Å². The molecule has 3 N–H and O–H groups in total. The van der Waals surface area contributed by atoms with Gasteiger partial charge in [-0.25, -0.2) is 4.98 Å². The molecule has 2 aromatic heterocycles. The van der Waals surface area contributed by atoms with Crippen LogP contribution in [0.5, 0.6) is 5.88 Å². The molecule has 5 heteroatoms. The lowest BCUT2D eigenvalue weighted by molar-refractivity contribution is 0.336. The molecule has 0 bridgehead atoms. The summed E-state index contributed by atoms with van der Waals surface area (Å²) in [5.74, 6) is 1.71. The van der Waals surface area contributed by atoms with Crippen molar-refractivity contribution in [1.82, 2.24) is 15.0 Å². The zero-order valence-corrected chi connectivity index (χ0v) is 12.0. The van der Waals surface area contributed by atoms with E-state index >= 15 is 0 Å². The van der Waals surface area contributed by atoms with Gasteiger partial charge in [0.05, 0.1) is 12.6 Å². The first-order valence-electron chi connectivity index (χ1n) is 6.53. The number of nitrogens with one attached hydrogen (secondary N) is 1. The summed E-state index contributed by atoms with van der Waals surface area (Å²) >= 11 is 0. The standard InChI is InChI=1S/C14H22N4O/c1-14(2,3)7-9(8-15)12-16-10-5-6-11(19-4)17-13(10)18-12/h5-6,9H,7-8,15H2,1-4H3,(H,16,17,18). The van der Waals surface area contributed by atoms with Gasteiger partial charge in [-0.1, -0.05) is 20.8 Å². The molecule has 1 atom stereocenters. The van der Waals surface area contributed by atoms with Crippen LogP contribution in [-0.4, -0.2) is 28.6 Å². The van der Waals surface area contributed by atoms with Gasteiger partial charge in [0, 0.05) is 18.5 Å². The van der Waals surface area contributed by atoms with E-state index in [4.69, 9.17) is 10.5 Å². The third-order valence-electron chi connectivity index (χ3n) is 3.08. The van der Waals surface area contributed by atoms with Crippen LogP contribution in [0, 0.1) is 5.41 Å². The van der Waals surface area contributed by atoms with Gasteiger partial charge < -0.3 is 15.5 Å². The molecule has 0 amide bonds. The number of aromatic nitrogens is 3. The largest absolute Gasteiger partial charge is 0.481 e. The van der Waals surface area contributed by atoms with Crippen LogP contribution in [0.4, 0.5) is 0 Å². The fourth-order valence-corrected chi connectivity index (χ4v) is 2.23. The lowest BCUT2D eigenvalue weighted by Gasteiger charge is -2.23. The molecular formula is C14H22N4O. The van der Waals surface area contributed by atoms with Crippen LogP contribution in [0.2, 0.25) is 0 Å². The van der Waals surface area contributed by atoms with Gasteiger partial charge in [-0.15, -0.1) is 0 Å². The molecule has 2 aromatic rings. The molecule has 0 aliphatic carbocycles. The molecule has 0 saturated carbocycles. The quantitative estimate of drug-likeness (QED) is 0.887. The van der Waals surface area contributed by atoms with E-state index in [0.29, 0.717) is 18.1 Å². The zero-order chi connectivity index (χ0) is 14.0. The predicted molar refractivity (Wildman–Crippen MR) is 76.3 cm³/mol. The van der Waals surface area contributed by atoms with Gasteiger partial charge in [-0.3, -0.25) is 0 Å². The zero-order valence-electron chi connectivity index (χ0n) is 12.0. The van der Waals surface area contributed by atoms with Gasteiger partial charge >= 0.3 is 0 Å². The van der Waals surface area contributed by atoms with Gasteiger partial charge in [-0.2, -0.15) is 4.98 Å². The second kappa shape index (κ2) is 5.17. The van der Waals surface area contributed by atoms with E-state index in [-0.39, 0.29) is 11.3 Å². The Morgan fingerprint density at radius 2 is 2.05 bits per heavy atom. The lowest BCUT2D eigenvalue weighted by Crippen LogP contribution is -2.20. The Labute approximate surface area is 113 Å². The number of hydrogen-bond donors (Lipinski definition) is 2. The summed E-state index contributed by atoms with van der Waals surface area (Å²) in [7, 11) is 1.60. The van der Waals surface area contributed by atoms with Gasteiger partial charge in [0.25, 0.3) is 0 Å². The summed E-state index contributed by atoms with van der Waals surface area (Å²) in [6.45, 7) is 7.20. The average Bonchev–Trinajstić information content (AvgIpc) is 2.77. The summed E-state index contributed by atoms with van der Waals surface area (Å²) in [5.41, 5.74) is 7.70. The molecule has 0 fully saturated rings. The van der Waals surface area contributed by atoms with Gasteiger partial charge in [0.15, 0.2) is 5.65 Å². The highest BCUT2D eigenvalue weighted by molar-refractivity contribution is 5.71. The Morgan fingerprint density at radius 3 is 2.63 bits per heavy atom. The van der Waals surface area contributed by atoms with Gasteiger partial charge in [-0.05, 0) is 17.9 Å². The van der Waals surface area contributed by atoms with Crippen molar-refractivity contribution in [2.75, 3.05) is 13.7 Å². The number of aromatic amines is 1. The van der Waals surface area contributed by atoms with E-state index in [1.807, 2.05) is 12.1 Å². The predicted octanol–water partition coefficient (Wildman–Crippen LogP) is 2.45. The molecule has 5 nitrogen and oxygen atoms in total. The van der Waals surface area contributed by atoms with Crippen molar-refractivity contribution in [3.05, 3.63) is 18.0 Å². The Balaban J connectivity index is 2.33. The number of fused-ring (bicyclic) bond motifs is 1. The van der Waals surface area contributed by atoms with Crippen LogP contribution >= 0.6 is 0 Å². The molecule has 0 aliphatic rings. The van der Waals surface area contributed by atoms with Crippen molar-refractivity contribution < 1.29 is 4.74 Å². The number of H-pyrrole nitrogens is 1. The van der Waals surface area contributed by atoms with Gasteiger partial charge in [0.2, 0.25) is 5.88 Å². The minimum absolute atomic E-state index is 0.216. The second-order valence-corrected chi connectivity index (χ2v) is 6.04. The highest BCUT2D eigenvalue weighted by atomic mass is 16.5. The molecule has 0 spiro atoms. The van der Waals surface area contributed by atoms with Crippen molar-refractivity contribution in [2.45, 2.75) is 33.1 Å². The molecule has 0 aromatic carbocycles. The maximum absolute atomic E-state index is 5.88. The summed E-state index contributed by atoms with van der Waals surface area (Å²) < 4.78 is 5.11. The molecule has 104 valence electrons. The van der Waals surface area contributed by atoms with E-state index in [1.54, 1.807) is 7.11 Å². The molecule has 0 radical (unpaired) electrons. The summed E-state index contributed by atoms with van der Waals surface area (Å²) in [5, 5.41) is 0. The van der Waals surface area contributed by atoms with Gasteiger partial charge in [0.1, 0.15) is 5.82 Å². The third kappa shape index (κ3) is 3.23. The van der Waals surface area contributed by atoms with Crippen LogP contribution < -0.4 is 10.5 Å². The fourth-order valence-electron chi connectivity index (χ4n) is 2.23. The van der Waals surface area contributed by atoms with Crippen molar-refractivity contribution in [3.63, 3.8) is 0 Å². The number of nitrogens with zero attached hydrogens (tertiary/aromatic N) is 2. The Bertz CT molecular complexity index is 556. The molecule has 2 rings (SSSR count). The number of ether oxygens (including phenoxy) is 1. The number of nitrogens with two attached hydrogens (primary N) is 1. The number of hydrogen-bond acceptors (Lipinski definition) is 4. The smallest absolute Gasteiger partial charge is 0.215 e. The normalized spacial score (nSPS) is 13.7. The maximum Gasteiger partial charge on any atom is 0.215 e. The minimum atomic E-state index is 0.216. The van der Waals surface area contributed by atoms with Crippen molar-refractivity contribution >= 4 is 11.2 Å². The van der Waals surface area contributed by atoms with Crippen LogP contribution in [0.25, 0.3) is 11.2 Å². The van der Waals surface area contributed by atoms with E-state index in [2.05, 4.69) is 35.7 Å². The summed E-state index contributed by atoms with van der Waals surface area (Å²) in [4.78, 5) is 12.2. The minimum Gasteiger partial charge on any atom is -0.481 e. The summed E-state index contributed by atoms with van der Waals surface area (Å²) in [6, 6.07) is 3.76. The molecule has 1 unspecified atom stereocenters. The highest BCUT2D eigenvalue weighted by Gasteiger charge is 2.22. The van der Waals surface area contributed by atoms with Crippen LogP contribution in [-0.2, 0) is 0 Å². The fraction of sp³-hybridized carbons (Fsp3) is 0.571. The molecular weight excluding hydrogens is 240 g/mol. The highest BCUT2D eigenvalue weighted by Crippen LogP contribution is 2.30. The Kier molecular flexibility index (Phi) is 3.75. The monoisotopic (exact) mass is 262 g/mol. The van der Waals surface area contributed by atoms with Crippen LogP contribution in [0.15, 0.2) is 12.1 Å². The number of methoxy groups -OCH3 is 1. The summed E-state index contributed by atoms with van der Waals surface area (Å²) in [6.07, 6.45) is 0.987. The maximum atomic E-state index is 5.88. The molecule has 0 aliphatic heterocycles. The molecule has 19 heavy (non-hydrogen) atoms. The van der Waals surface area contributed by atoms with Crippen molar-refractivity contribution in [2.24, 2.45) is 11.1 Å². The van der Waals surface area contributed by atoms with Crippen molar-refractivity contribution in [1.29, 1.82) is 0 Å². The topological polar surface area (TPSA) is 76.8 Å². The van der Waals surface area contributed by atoms with Crippen LogP contribution in [0.3, 0.4) is 0 Å². The number of pyridine rings is 1. The first kappa shape index (κ1) is 13.8. The van der Waals surface area contributed by atoms with E-state index < -0.39 is 0 Å². The van der Waals surface area contributed by atoms with Crippen LogP contribution in [0.1, 0.15) is 38.9 Å². The molecule has 0 saturated heterocycles. The van der Waals surface area contributed by atoms with E-state index in [9.17, 15) is 0 Å². The van der Waals surface area contributed by atoms with E-state index in [0.717, 1.165) is 17.8 Å². The SMILES string of the molecule is COc1ccc2[nH]c(C(CN)CC(C)(C)C)nc2n1. The lowest BCUT2D eigenvalue weighted by atomic mass is 9.84. The average molecular weight is 262 g/mol. The number of rotatable bonds is 4. The second-order valence-electron chi connectivity index (χ2n) is 6.04. The third-order valence-corrected chi connectivity index (χ3v) is 3.08. The Morgan fingerprint density at radius 1 is 1.32 bits per heavy atom. The molecule has 2 heterocycles. The first-order chi connectivity index (χ1) is 8.93. The Hall–Kier alpha value is -1.62.